The lowest BCUT2D eigenvalue weighted by Crippen LogP contribution is -2.40. The van der Waals surface area contributed by atoms with Gasteiger partial charge in [-0.3, -0.25) is 9.59 Å². The van der Waals surface area contributed by atoms with E-state index in [4.69, 9.17) is 18.9 Å². The minimum atomic E-state index is -1.53. The summed E-state index contributed by atoms with van der Waals surface area (Å²) in [4.78, 5) is 37.4. The van der Waals surface area contributed by atoms with Gasteiger partial charge < -0.3 is 28.5 Å². The summed E-state index contributed by atoms with van der Waals surface area (Å²) in [5, 5.41) is 9.69. The van der Waals surface area contributed by atoms with Gasteiger partial charge in [-0.05, 0) is 103 Å². The first kappa shape index (κ1) is 73.2. The molecule has 0 aliphatic carbocycles. The van der Waals surface area contributed by atoms with E-state index in [1.807, 2.05) is 21.1 Å². The number of esters is 2. The van der Waals surface area contributed by atoms with Crippen LogP contribution in [0.1, 0.15) is 213 Å². The lowest BCUT2D eigenvalue weighted by molar-refractivity contribution is -0.870. The molecule has 0 radical (unpaired) electrons. The van der Waals surface area contributed by atoms with E-state index in [-0.39, 0.29) is 38.6 Å². The van der Waals surface area contributed by atoms with Crippen LogP contribution in [0.15, 0.2) is 146 Å². The van der Waals surface area contributed by atoms with Gasteiger partial charge in [0, 0.05) is 12.8 Å². The number of carbonyl (C=O) groups excluding carboxylic acids is 2. The molecule has 0 bridgehead atoms. The highest BCUT2D eigenvalue weighted by Gasteiger charge is 2.25. The van der Waals surface area contributed by atoms with Gasteiger partial charge in [-0.25, -0.2) is 4.79 Å². The Morgan fingerprint density at radius 2 is 0.731 bits per heavy atom. The van der Waals surface area contributed by atoms with E-state index in [0.717, 1.165) is 109 Å². The molecular weight excluding hydrogens is 971 g/mol. The van der Waals surface area contributed by atoms with Crippen molar-refractivity contribution in [3.63, 3.8) is 0 Å². The highest BCUT2D eigenvalue weighted by Crippen LogP contribution is 2.15. The highest BCUT2D eigenvalue weighted by atomic mass is 16.7. The van der Waals surface area contributed by atoms with Crippen LogP contribution in [-0.2, 0) is 33.3 Å². The molecule has 2 atom stereocenters. The summed E-state index contributed by atoms with van der Waals surface area (Å²) in [6.07, 6.45) is 82.3. The Labute approximate surface area is 477 Å². The number of unbranched alkanes of at least 4 members (excludes halogenated alkanes) is 15. The fourth-order valence-corrected chi connectivity index (χ4v) is 7.70. The lowest BCUT2D eigenvalue weighted by Gasteiger charge is -2.25. The third-order valence-corrected chi connectivity index (χ3v) is 12.4. The number of allylic oxidation sites excluding steroid dienone is 24. The molecule has 78 heavy (non-hydrogen) atoms. The maximum atomic E-state index is 12.9. The Hall–Kier alpha value is -4.83. The molecule has 0 heterocycles. The summed E-state index contributed by atoms with van der Waals surface area (Å²) in [7, 11) is 5.94. The van der Waals surface area contributed by atoms with Gasteiger partial charge in [-0.2, -0.15) is 0 Å². The van der Waals surface area contributed by atoms with Crippen molar-refractivity contribution in [1.29, 1.82) is 0 Å². The summed E-state index contributed by atoms with van der Waals surface area (Å²) in [6, 6.07) is 0. The van der Waals surface area contributed by atoms with Crippen molar-refractivity contribution in [2.45, 2.75) is 225 Å². The number of likely N-dealkylation sites (N-methyl/N-ethyl adjacent to an activating group) is 1. The van der Waals surface area contributed by atoms with Crippen molar-refractivity contribution in [2.24, 2.45) is 0 Å². The number of rotatable bonds is 54. The lowest BCUT2D eigenvalue weighted by atomic mass is 10.0. The molecule has 0 amide bonds. The maximum Gasteiger partial charge on any atom is 0.361 e. The summed E-state index contributed by atoms with van der Waals surface area (Å²) in [5.41, 5.74) is 0. The Kier molecular flexibility index (Phi) is 54.7. The van der Waals surface area contributed by atoms with Gasteiger partial charge in [-0.15, -0.1) is 0 Å². The molecule has 9 heteroatoms. The zero-order chi connectivity index (χ0) is 56.9. The Morgan fingerprint density at radius 1 is 0.397 bits per heavy atom. The van der Waals surface area contributed by atoms with Crippen LogP contribution in [0.5, 0.6) is 0 Å². The normalized spacial score (nSPS) is 13.8. The Balaban J connectivity index is 4.29. The van der Waals surface area contributed by atoms with Crippen molar-refractivity contribution >= 4 is 17.9 Å². The Morgan fingerprint density at radius 3 is 1.09 bits per heavy atom. The van der Waals surface area contributed by atoms with E-state index >= 15 is 0 Å². The minimum Gasteiger partial charge on any atom is -0.477 e. The summed E-state index contributed by atoms with van der Waals surface area (Å²) in [6.45, 7) is 4.69. The predicted octanol–water partition coefficient (Wildman–Crippen LogP) is 18.4. The first-order valence-electron chi connectivity index (χ1n) is 30.5. The molecule has 1 N–H and O–H groups in total. The summed E-state index contributed by atoms with van der Waals surface area (Å²) in [5.74, 6) is -2.08. The molecule has 0 aromatic carbocycles. The third-order valence-electron chi connectivity index (χ3n) is 12.4. The number of nitrogens with zero attached hydrogens (tertiary/aromatic N) is 1. The van der Waals surface area contributed by atoms with Gasteiger partial charge in [0.1, 0.15) is 13.2 Å². The first-order chi connectivity index (χ1) is 38.1. The number of hydrogen-bond donors (Lipinski definition) is 1. The number of hydrogen-bond acceptors (Lipinski definition) is 7. The van der Waals surface area contributed by atoms with E-state index in [1.54, 1.807) is 0 Å². The number of carboxylic acid groups (broad SMARTS) is 1. The van der Waals surface area contributed by atoms with Crippen molar-refractivity contribution in [3.05, 3.63) is 146 Å². The van der Waals surface area contributed by atoms with Gasteiger partial charge in [0.25, 0.3) is 6.29 Å². The molecule has 0 spiro atoms. The van der Waals surface area contributed by atoms with Crippen molar-refractivity contribution in [1.82, 2.24) is 0 Å². The largest absolute Gasteiger partial charge is 0.477 e. The van der Waals surface area contributed by atoms with E-state index in [1.165, 1.54) is 70.6 Å². The SMILES string of the molecule is CC/C=C\C/C=C\C/C=C\C/C=C\C/C=C\C/C=C\C/C=C\C/C=C\C/C=C\C/C=C\C/C=C\C/C=C\CCCCC(=O)OC(COC(=O)CCCCCCCCCCCCCCCC)COC(OCC[N+](C)(C)C)C(=O)O. The number of carbonyl (C=O) groups is 3. The fraction of sp³-hybridized carbons (Fsp3) is 0.609. The average molecular weight is 1080 g/mol. The molecule has 0 aromatic heterocycles. The molecule has 0 aromatic rings. The third kappa shape index (κ3) is 58.8. The van der Waals surface area contributed by atoms with Crippen LogP contribution in [0, 0.1) is 0 Å². The van der Waals surface area contributed by atoms with E-state index in [2.05, 4.69) is 160 Å². The second kappa shape index (κ2) is 58.3. The van der Waals surface area contributed by atoms with Crippen LogP contribution in [0.4, 0.5) is 0 Å². The quantitative estimate of drug-likeness (QED) is 0.0211. The zero-order valence-electron chi connectivity index (χ0n) is 50.0. The molecule has 0 aliphatic heterocycles. The molecule has 2 unspecified atom stereocenters. The highest BCUT2D eigenvalue weighted by molar-refractivity contribution is 5.71. The zero-order valence-corrected chi connectivity index (χ0v) is 50.0. The van der Waals surface area contributed by atoms with Gasteiger partial charge in [-0.1, -0.05) is 243 Å². The topological polar surface area (TPSA) is 108 Å². The predicted molar refractivity (Wildman–Crippen MR) is 331 cm³/mol. The van der Waals surface area contributed by atoms with Crippen LogP contribution in [0.25, 0.3) is 0 Å². The Bertz CT molecular complexity index is 1780. The van der Waals surface area contributed by atoms with Gasteiger partial charge >= 0.3 is 17.9 Å². The number of quaternary nitrogens is 1. The van der Waals surface area contributed by atoms with Gasteiger partial charge in [0.15, 0.2) is 6.10 Å². The number of ether oxygens (including phenoxy) is 4. The van der Waals surface area contributed by atoms with E-state index in [0.29, 0.717) is 17.4 Å². The molecule has 9 nitrogen and oxygen atoms in total. The van der Waals surface area contributed by atoms with Gasteiger partial charge in [0.05, 0.1) is 34.4 Å². The van der Waals surface area contributed by atoms with Crippen LogP contribution in [0.3, 0.4) is 0 Å². The van der Waals surface area contributed by atoms with Crippen LogP contribution < -0.4 is 0 Å². The molecule has 0 saturated carbocycles. The minimum absolute atomic E-state index is 0.173. The van der Waals surface area contributed by atoms with Crippen molar-refractivity contribution in [3.8, 4) is 0 Å². The van der Waals surface area contributed by atoms with Crippen LogP contribution in [-0.4, -0.2) is 87.4 Å². The second-order valence-corrected chi connectivity index (χ2v) is 20.9. The fourth-order valence-electron chi connectivity index (χ4n) is 7.70. The second-order valence-electron chi connectivity index (χ2n) is 20.9. The standard InChI is InChI=1S/C69H111NO8/c1-6-8-10-12-14-16-18-20-22-23-24-25-26-27-28-29-30-31-32-33-34-35-36-37-38-39-40-41-42-43-44-45-46-48-50-52-54-56-58-60-67(72)78-65(64-77-69(68(73)74)75-62-61-70(3,4)5)63-76-66(71)59-57-55-53-51-49-47-21-19-17-15-13-11-9-7-2/h8,10,14,16,20,22,24-25,27-28,30-31,33-34,36-37,39-40,42-43,45-46,50,52,65,69H,6-7,9,11-13,15,17-19,21,23,26,29,32,35,38,41,44,47-49,51,53-64H2,1-5H3/p+1/b10-8-,16-14-,22-20-,25-24-,28-27-,31-30-,34-33-,37-36-,40-39-,43-42-,46-45-,52-50-. The van der Waals surface area contributed by atoms with Crippen molar-refractivity contribution in [2.75, 3.05) is 47.5 Å². The molecule has 0 fully saturated rings. The van der Waals surface area contributed by atoms with E-state index in [9.17, 15) is 19.5 Å². The van der Waals surface area contributed by atoms with Crippen LogP contribution in [0.2, 0.25) is 0 Å². The summed E-state index contributed by atoms with van der Waals surface area (Å²) < 4.78 is 22.8. The molecular formula is C69H112NO8+. The first-order valence-corrected chi connectivity index (χ1v) is 30.5. The van der Waals surface area contributed by atoms with Gasteiger partial charge in [0.2, 0.25) is 0 Å². The monoisotopic (exact) mass is 1080 g/mol. The molecule has 440 valence electrons. The average Bonchev–Trinajstić information content (AvgIpc) is 3.41. The van der Waals surface area contributed by atoms with E-state index < -0.39 is 24.3 Å². The summed E-state index contributed by atoms with van der Waals surface area (Å²) >= 11 is 0. The number of carboxylic acids is 1. The molecule has 0 aliphatic rings. The smallest absolute Gasteiger partial charge is 0.361 e. The maximum absolute atomic E-state index is 12.9. The number of aliphatic carboxylic acids is 1. The van der Waals surface area contributed by atoms with Crippen molar-refractivity contribution < 1.29 is 42.9 Å². The van der Waals surface area contributed by atoms with Crippen LogP contribution >= 0.6 is 0 Å². The molecule has 0 saturated heterocycles. The molecule has 0 rings (SSSR count).